The fourth-order valence-electron chi connectivity index (χ4n) is 4.44. The number of nitrogens with zero attached hydrogens (tertiary/aromatic N) is 2. The first-order chi connectivity index (χ1) is 11.1. The Labute approximate surface area is 140 Å². The second kappa shape index (κ2) is 7.67. The Hall–Kier alpha value is -1.06. The Morgan fingerprint density at radius 2 is 1.09 bits per heavy atom. The molecule has 0 N–H and O–H groups in total. The van der Waals surface area contributed by atoms with Gasteiger partial charge in [0, 0.05) is 38.0 Å². The first kappa shape index (κ1) is 16.8. The fraction of sp³-hybridized carbons (Fsp3) is 0.895. The van der Waals surface area contributed by atoms with Crippen molar-refractivity contribution in [3.8, 4) is 0 Å². The molecule has 0 spiro atoms. The van der Waals surface area contributed by atoms with Crippen LogP contribution in [0.2, 0.25) is 0 Å². The van der Waals surface area contributed by atoms with Crippen molar-refractivity contribution < 1.29 is 9.59 Å². The zero-order valence-electron chi connectivity index (χ0n) is 14.6. The molecule has 130 valence electrons. The SMILES string of the molecule is CC1CCN(C(=O)C2CCN(C(=O)C3CCCCC3)CC2)CC1. The summed E-state index contributed by atoms with van der Waals surface area (Å²) in [5.41, 5.74) is 0. The average molecular weight is 320 g/mol. The number of hydrogen-bond acceptors (Lipinski definition) is 2. The van der Waals surface area contributed by atoms with Gasteiger partial charge in [-0.05, 0) is 44.4 Å². The molecular formula is C19H32N2O2. The van der Waals surface area contributed by atoms with Crippen LogP contribution < -0.4 is 0 Å². The van der Waals surface area contributed by atoms with Gasteiger partial charge >= 0.3 is 0 Å². The molecule has 1 aliphatic carbocycles. The summed E-state index contributed by atoms with van der Waals surface area (Å²) in [4.78, 5) is 29.4. The maximum atomic E-state index is 12.7. The van der Waals surface area contributed by atoms with Gasteiger partial charge in [0.1, 0.15) is 0 Å². The summed E-state index contributed by atoms with van der Waals surface area (Å²) in [5, 5.41) is 0. The van der Waals surface area contributed by atoms with Gasteiger partial charge in [-0.1, -0.05) is 26.2 Å². The van der Waals surface area contributed by atoms with Crippen molar-refractivity contribution >= 4 is 11.8 Å². The van der Waals surface area contributed by atoms with E-state index < -0.39 is 0 Å². The van der Waals surface area contributed by atoms with E-state index in [1.807, 2.05) is 4.90 Å². The largest absolute Gasteiger partial charge is 0.342 e. The van der Waals surface area contributed by atoms with E-state index >= 15 is 0 Å². The molecule has 3 rings (SSSR count). The molecule has 0 aromatic rings. The summed E-state index contributed by atoms with van der Waals surface area (Å²) >= 11 is 0. The third-order valence-corrected chi connectivity index (χ3v) is 6.21. The molecule has 0 aromatic carbocycles. The minimum absolute atomic E-state index is 0.152. The highest BCUT2D eigenvalue weighted by molar-refractivity contribution is 5.81. The lowest BCUT2D eigenvalue weighted by molar-refractivity contribution is -0.143. The van der Waals surface area contributed by atoms with E-state index in [0.717, 1.165) is 70.6 Å². The van der Waals surface area contributed by atoms with Crippen molar-refractivity contribution in [2.45, 2.75) is 64.7 Å². The van der Waals surface area contributed by atoms with Gasteiger partial charge < -0.3 is 9.80 Å². The first-order valence-electron chi connectivity index (χ1n) is 9.72. The summed E-state index contributed by atoms with van der Waals surface area (Å²) in [6.07, 6.45) is 9.86. The van der Waals surface area contributed by atoms with Gasteiger partial charge in [0.2, 0.25) is 11.8 Å². The Kier molecular flexibility index (Phi) is 5.60. The van der Waals surface area contributed by atoms with E-state index in [9.17, 15) is 9.59 Å². The Bertz CT molecular complexity index is 415. The maximum Gasteiger partial charge on any atom is 0.225 e. The van der Waals surface area contributed by atoms with E-state index in [1.54, 1.807) is 0 Å². The number of likely N-dealkylation sites (tertiary alicyclic amines) is 2. The number of rotatable bonds is 2. The molecule has 2 aliphatic heterocycles. The second-order valence-electron chi connectivity index (χ2n) is 7.94. The molecule has 0 radical (unpaired) electrons. The number of hydrogen-bond donors (Lipinski definition) is 0. The molecule has 0 unspecified atom stereocenters. The number of piperidine rings is 2. The molecule has 3 fully saturated rings. The Balaban J connectivity index is 1.46. The smallest absolute Gasteiger partial charge is 0.225 e. The molecule has 2 amide bonds. The molecule has 23 heavy (non-hydrogen) atoms. The molecule has 2 heterocycles. The molecular weight excluding hydrogens is 288 g/mol. The number of carbonyl (C=O) groups is 2. The lowest BCUT2D eigenvalue weighted by atomic mass is 9.87. The summed E-state index contributed by atoms with van der Waals surface area (Å²) < 4.78 is 0. The van der Waals surface area contributed by atoms with Crippen molar-refractivity contribution in [2.75, 3.05) is 26.2 Å². The van der Waals surface area contributed by atoms with Gasteiger partial charge in [0.05, 0.1) is 0 Å². The summed E-state index contributed by atoms with van der Waals surface area (Å²) in [6.45, 7) is 5.71. The zero-order valence-corrected chi connectivity index (χ0v) is 14.6. The van der Waals surface area contributed by atoms with E-state index in [2.05, 4.69) is 11.8 Å². The zero-order chi connectivity index (χ0) is 16.2. The Morgan fingerprint density at radius 3 is 1.61 bits per heavy atom. The molecule has 3 aliphatic rings. The molecule has 0 atom stereocenters. The quantitative estimate of drug-likeness (QED) is 0.784. The second-order valence-corrected chi connectivity index (χ2v) is 7.94. The maximum absolute atomic E-state index is 12.7. The monoisotopic (exact) mass is 320 g/mol. The van der Waals surface area contributed by atoms with Gasteiger partial charge in [-0.3, -0.25) is 9.59 Å². The van der Waals surface area contributed by atoms with Crippen molar-refractivity contribution in [2.24, 2.45) is 17.8 Å². The van der Waals surface area contributed by atoms with Crippen LogP contribution in [0, 0.1) is 17.8 Å². The van der Waals surface area contributed by atoms with E-state index in [1.165, 1.54) is 19.3 Å². The van der Waals surface area contributed by atoms with Crippen LogP contribution in [0.4, 0.5) is 0 Å². The first-order valence-corrected chi connectivity index (χ1v) is 9.72. The van der Waals surface area contributed by atoms with Crippen molar-refractivity contribution in [1.82, 2.24) is 9.80 Å². The molecule has 2 saturated heterocycles. The van der Waals surface area contributed by atoms with Crippen LogP contribution in [-0.2, 0) is 9.59 Å². The third kappa shape index (κ3) is 4.07. The van der Waals surface area contributed by atoms with Crippen molar-refractivity contribution in [1.29, 1.82) is 0 Å². The molecule has 0 bridgehead atoms. The third-order valence-electron chi connectivity index (χ3n) is 6.21. The highest BCUT2D eigenvalue weighted by atomic mass is 16.2. The molecule has 4 heteroatoms. The van der Waals surface area contributed by atoms with Crippen molar-refractivity contribution in [3.63, 3.8) is 0 Å². The molecule has 4 nitrogen and oxygen atoms in total. The standard InChI is InChI=1S/C19H32N2O2/c1-15-7-11-20(12-8-15)19(23)17-9-13-21(14-10-17)18(22)16-5-3-2-4-6-16/h15-17H,2-14H2,1H3. The number of amides is 2. The van der Waals surface area contributed by atoms with Gasteiger partial charge in [0.15, 0.2) is 0 Å². The normalized spacial score (nSPS) is 25.6. The minimum atomic E-state index is 0.152. The summed E-state index contributed by atoms with van der Waals surface area (Å²) in [6, 6.07) is 0. The summed E-state index contributed by atoms with van der Waals surface area (Å²) in [7, 11) is 0. The van der Waals surface area contributed by atoms with Gasteiger partial charge in [-0.25, -0.2) is 0 Å². The lowest BCUT2D eigenvalue weighted by Gasteiger charge is -2.38. The van der Waals surface area contributed by atoms with Gasteiger partial charge in [-0.2, -0.15) is 0 Å². The topological polar surface area (TPSA) is 40.6 Å². The van der Waals surface area contributed by atoms with Crippen LogP contribution in [0.1, 0.15) is 64.7 Å². The van der Waals surface area contributed by atoms with Crippen LogP contribution in [0.25, 0.3) is 0 Å². The van der Waals surface area contributed by atoms with Crippen LogP contribution in [-0.4, -0.2) is 47.8 Å². The molecule has 1 saturated carbocycles. The minimum Gasteiger partial charge on any atom is -0.342 e. The predicted molar refractivity (Wildman–Crippen MR) is 90.9 cm³/mol. The summed E-state index contributed by atoms with van der Waals surface area (Å²) in [5.74, 6) is 1.89. The Morgan fingerprint density at radius 1 is 0.652 bits per heavy atom. The average Bonchev–Trinajstić information content (AvgIpc) is 2.62. The highest BCUT2D eigenvalue weighted by Gasteiger charge is 2.33. The fourth-order valence-corrected chi connectivity index (χ4v) is 4.44. The van der Waals surface area contributed by atoms with Crippen LogP contribution >= 0.6 is 0 Å². The van der Waals surface area contributed by atoms with E-state index in [4.69, 9.17) is 0 Å². The van der Waals surface area contributed by atoms with Crippen molar-refractivity contribution in [3.05, 3.63) is 0 Å². The van der Waals surface area contributed by atoms with Gasteiger partial charge in [-0.15, -0.1) is 0 Å². The van der Waals surface area contributed by atoms with Gasteiger partial charge in [0.25, 0.3) is 0 Å². The van der Waals surface area contributed by atoms with E-state index in [0.29, 0.717) is 11.8 Å². The van der Waals surface area contributed by atoms with Crippen LogP contribution in [0.15, 0.2) is 0 Å². The van der Waals surface area contributed by atoms with Crippen LogP contribution in [0.5, 0.6) is 0 Å². The highest BCUT2D eigenvalue weighted by Crippen LogP contribution is 2.28. The lowest BCUT2D eigenvalue weighted by Crippen LogP contribution is -2.47. The molecule has 0 aromatic heterocycles. The van der Waals surface area contributed by atoms with E-state index in [-0.39, 0.29) is 11.8 Å². The van der Waals surface area contributed by atoms with Crippen LogP contribution in [0.3, 0.4) is 0 Å². The number of carbonyl (C=O) groups excluding carboxylic acids is 2. The predicted octanol–water partition coefficient (Wildman–Crippen LogP) is 3.06.